The molecule has 0 radical (unpaired) electrons. The van der Waals surface area contributed by atoms with Crippen LogP contribution >= 0.6 is 11.6 Å². The van der Waals surface area contributed by atoms with E-state index in [4.69, 9.17) is 16.3 Å². The summed E-state index contributed by atoms with van der Waals surface area (Å²) in [6.07, 6.45) is 3.31. The molecule has 4 heterocycles. The number of aromatic nitrogens is 4. The molecule has 0 amide bonds. The van der Waals surface area contributed by atoms with Gasteiger partial charge in [0, 0.05) is 38.3 Å². The van der Waals surface area contributed by atoms with Crippen LogP contribution in [-0.4, -0.2) is 86.2 Å². The van der Waals surface area contributed by atoms with Crippen molar-refractivity contribution in [1.82, 2.24) is 24.5 Å². The van der Waals surface area contributed by atoms with E-state index in [1.807, 2.05) is 0 Å². The highest BCUT2D eigenvalue weighted by atomic mass is 35.5. The Hall–Kier alpha value is -3.68. The van der Waals surface area contributed by atoms with Gasteiger partial charge in [-0.15, -0.1) is 5.10 Å². The topological polar surface area (TPSA) is 151 Å². The van der Waals surface area contributed by atoms with E-state index in [0.717, 1.165) is 38.2 Å². The van der Waals surface area contributed by atoms with Crippen LogP contribution in [0.2, 0.25) is 5.02 Å². The van der Waals surface area contributed by atoms with Gasteiger partial charge in [0.2, 0.25) is 5.95 Å². The van der Waals surface area contributed by atoms with Crippen LogP contribution in [-0.2, 0) is 4.74 Å². The number of halogens is 1. The van der Waals surface area contributed by atoms with Crippen molar-refractivity contribution in [3.05, 3.63) is 34.6 Å². The molecule has 1 atom stereocenters. The largest absolute Gasteiger partial charge is 0.388 e. The quantitative estimate of drug-likeness (QED) is 0.399. The lowest BCUT2D eigenvalue weighted by atomic mass is 9.97. The molecule has 12 nitrogen and oxygen atoms in total. The van der Waals surface area contributed by atoms with E-state index in [9.17, 15) is 15.6 Å². The maximum atomic E-state index is 10.4. The molecule has 2 aliphatic heterocycles. The summed E-state index contributed by atoms with van der Waals surface area (Å²) in [7, 11) is 0. The number of imidazole rings is 1. The molecule has 1 saturated carbocycles. The van der Waals surface area contributed by atoms with Gasteiger partial charge in [0.15, 0.2) is 17.2 Å². The van der Waals surface area contributed by atoms with Gasteiger partial charge in [0.05, 0.1) is 52.5 Å². The van der Waals surface area contributed by atoms with Crippen molar-refractivity contribution >= 4 is 40.4 Å². The minimum Gasteiger partial charge on any atom is -0.388 e. The Kier molecular flexibility index (Phi) is 6.44. The highest BCUT2D eigenvalue weighted by Crippen LogP contribution is 2.39. The van der Waals surface area contributed by atoms with E-state index in [-0.39, 0.29) is 17.7 Å². The van der Waals surface area contributed by atoms with Crippen LogP contribution in [0.15, 0.2) is 18.3 Å². The first-order valence-corrected chi connectivity index (χ1v) is 13.4. The van der Waals surface area contributed by atoms with Crippen molar-refractivity contribution in [3.63, 3.8) is 0 Å². The minimum atomic E-state index is -0.906. The first-order chi connectivity index (χ1) is 18.7. The minimum absolute atomic E-state index is 0.232. The highest BCUT2D eigenvalue weighted by molar-refractivity contribution is 6.36. The van der Waals surface area contributed by atoms with Gasteiger partial charge in [-0.3, -0.25) is 4.90 Å². The molecule has 6 rings (SSSR count). The van der Waals surface area contributed by atoms with Crippen LogP contribution in [0.25, 0.3) is 5.65 Å². The number of anilines is 4. The summed E-state index contributed by atoms with van der Waals surface area (Å²) in [5.74, 6) is 0.764. The van der Waals surface area contributed by atoms with Crippen molar-refractivity contribution in [2.45, 2.75) is 50.5 Å². The summed E-state index contributed by atoms with van der Waals surface area (Å²) in [5.41, 5.74) is 1.55. The molecule has 13 heteroatoms. The molecule has 0 bridgehead atoms. The number of aliphatic hydroxyl groups is 1. The number of fused-ring (bicyclic) bond motifs is 1. The zero-order valence-electron chi connectivity index (χ0n) is 21.7. The molecule has 3 N–H and O–H groups in total. The average molecular weight is 549 g/mol. The normalized spacial score (nSPS) is 20.4. The van der Waals surface area contributed by atoms with E-state index in [2.05, 4.69) is 47.6 Å². The van der Waals surface area contributed by atoms with Crippen LogP contribution in [0.5, 0.6) is 0 Å². The lowest BCUT2D eigenvalue weighted by Gasteiger charge is -2.50. The molecule has 3 aliphatic rings. The Morgan fingerprint density at radius 2 is 1.97 bits per heavy atom. The fourth-order valence-electron chi connectivity index (χ4n) is 4.95. The number of rotatable bonds is 7. The average Bonchev–Trinajstić information content (AvgIpc) is 3.60. The number of ether oxygens (including phenoxy) is 1. The van der Waals surface area contributed by atoms with Gasteiger partial charge in [-0.05, 0) is 38.8 Å². The van der Waals surface area contributed by atoms with Crippen LogP contribution in [0.1, 0.15) is 37.9 Å². The smallest absolute Gasteiger partial charge is 0.247 e. The third-order valence-corrected chi connectivity index (χ3v) is 7.83. The SMILES string of the molecule is CC(C)(O)C1CN(C2CN(c3cc(C#N)cc(Nc4nc(NC5CC5)c5ncc(C#N)n5n4)c3Cl)C2)CCO1. The second-order valence-electron chi connectivity index (χ2n) is 10.9. The highest BCUT2D eigenvalue weighted by Gasteiger charge is 2.39. The maximum absolute atomic E-state index is 10.4. The van der Waals surface area contributed by atoms with Crippen LogP contribution in [0.3, 0.4) is 0 Å². The molecule has 2 aromatic heterocycles. The summed E-state index contributed by atoms with van der Waals surface area (Å²) >= 11 is 6.88. The number of hydrogen-bond acceptors (Lipinski definition) is 11. The zero-order valence-corrected chi connectivity index (χ0v) is 22.5. The third-order valence-electron chi connectivity index (χ3n) is 7.43. The first-order valence-electron chi connectivity index (χ1n) is 13.0. The molecule has 1 aliphatic carbocycles. The Balaban J connectivity index is 1.24. The van der Waals surface area contributed by atoms with Crippen LogP contribution in [0.4, 0.5) is 23.1 Å². The van der Waals surface area contributed by atoms with Crippen LogP contribution < -0.4 is 15.5 Å². The van der Waals surface area contributed by atoms with Crippen molar-refractivity contribution < 1.29 is 9.84 Å². The number of nitrogens with one attached hydrogen (secondary N) is 2. The predicted octanol–water partition coefficient (Wildman–Crippen LogP) is 2.50. The molecule has 202 valence electrons. The van der Waals surface area contributed by atoms with E-state index < -0.39 is 5.60 Å². The Bertz CT molecular complexity index is 1490. The van der Waals surface area contributed by atoms with Crippen molar-refractivity contribution in [2.75, 3.05) is 48.3 Å². The van der Waals surface area contributed by atoms with Gasteiger partial charge >= 0.3 is 0 Å². The first kappa shape index (κ1) is 25.6. The number of nitriles is 2. The third kappa shape index (κ3) is 5.04. The van der Waals surface area contributed by atoms with Gasteiger partial charge in [0.25, 0.3) is 0 Å². The van der Waals surface area contributed by atoms with Gasteiger partial charge < -0.3 is 25.4 Å². The molecule has 1 unspecified atom stereocenters. The van der Waals surface area contributed by atoms with Gasteiger partial charge in [-0.1, -0.05) is 11.6 Å². The monoisotopic (exact) mass is 548 g/mol. The van der Waals surface area contributed by atoms with Crippen molar-refractivity contribution in [2.24, 2.45) is 0 Å². The molecule has 1 aromatic carbocycles. The lowest BCUT2D eigenvalue weighted by molar-refractivity contribution is -0.135. The fraction of sp³-hybridized carbons (Fsp3) is 0.500. The summed E-state index contributed by atoms with van der Waals surface area (Å²) in [4.78, 5) is 13.4. The lowest BCUT2D eigenvalue weighted by Crippen LogP contribution is -2.64. The standard InChI is InChI=1S/C26H29ClN10O2/c1-26(2,38)21-14-35(5-6-39-21)18-12-36(13-18)20-8-15(9-28)7-19(22(20)27)32-25-33-23(31-16-3-4-16)24-30-11-17(10-29)37(24)34-25/h7-8,11,16,18,21,38H,3-6,12-14H2,1-2H3,(H2,31,32,33,34). The number of hydrogen-bond donors (Lipinski definition) is 3. The Morgan fingerprint density at radius 1 is 1.18 bits per heavy atom. The summed E-state index contributed by atoms with van der Waals surface area (Å²) in [6, 6.07) is 8.39. The van der Waals surface area contributed by atoms with Crippen molar-refractivity contribution in [1.29, 1.82) is 10.5 Å². The maximum Gasteiger partial charge on any atom is 0.247 e. The molecule has 39 heavy (non-hydrogen) atoms. The van der Waals surface area contributed by atoms with E-state index in [0.29, 0.717) is 53.0 Å². The predicted molar refractivity (Wildman–Crippen MR) is 145 cm³/mol. The molecule has 3 fully saturated rings. The molecule has 0 spiro atoms. The number of nitrogens with zero attached hydrogens (tertiary/aromatic N) is 8. The molecule has 3 aromatic rings. The fourth-order valence-corrected chi connectivity index (χ4v) is 5.23. The Labute approximate surface area is 230 Å². The van der Waals surface area contributed by atoms with E-state index in [1.54, 1.807) is 26.0 Å². The molecular formula is C26H29ClN10O2. The van der Waals surface area contributed by atoms with Gasteiger partial charge in [-0.25, -0.2) is 4.98 Å². The summed E-state index contributed by atoms with van der Waals surface area (Å²) < 4.78 is 7.23. The van der Waals surface area contributed by atoms with E-state index >= 15 is 0 Å². The number of benzene rings is 1. The second-order valence-corrected chi connectivity index (χ2v) is 11.2. The zero-order chi connectivity index (χ0) is 27.3. The Morgan fingerprint density at radius 3 is 2.67 bits per heavy atom. The van der Waals surface area contributed by atoms with Gasteiger partial charge in [-0.2, -0.15) is 20.0 Å². The van der Waals surface area contributed by atoms with Crippen molar-refractivity contribution in [3.8, 4) is 12.1 Å². The summed E-state index contributed by atoms with van der Waals surface area (Å²) in [5, 5.41) is 41.1. The molecular weight excluding hydrogens is 520 g/mol. The van der Waals surface area contributed by atoms with E-state index in [1.165, 1.54) is 10.7 Å². The van der Waals surface area contributed by atoms with Gasteiger partial charge in [0.1, 0.15) is 6.07 Å². The molecule has 2 saturated heterocycles. The summed E-state index contributed by atoms with van der Waals surface area (Å²) in [6.45, 7) is 7.08. The second kappa shape index (κ2) is 9.81. The van der Waals surface area contributed by atoms with Crippen LogP contribution in [0, 0.1) is 22.7 Å². The number of morpholine rings is 1.